The van der Waals surface area contributed by atoms with Gasteiger partial charge in [-0.25, -0.2) is 9.18 Å². The predicted octanol–water partition coefficient (Wildman–Crippen LogP) is 6.06. The highest BCUT2D eigenvalue weighted by Crippen LogP contribution is 2.31. The summed E-state index contributed by atoms with van der Waals surface area (Å²) in [6.07, 6.45) is 1.99. The first-order chi connectivity index (χ1) is 18.3. The fourth-order valence-electron chi connectivity index (χ4n) is 4.32. The number of nitrogens with zero attached hydrogens (tertiary/aromatic N) is 1. The Bertz CT molecular complexity index is 1210. The van der Waals surface area contributed by atoms with E-state index in [0.29, 0.717) is 35.0 Å². The van der Waals surface area contributed by atoms with Crippen molar-refractivity contribution in [1.82, 2.24) is 10.2 Å². The first kappa shape index (κ1) is 28.4. The van der Waals surface area contributed by atoms with Crippen molar-refractivity contribution in [2.24, 2.45) is 0 Å². The van der Waals surface area contributed by atoms with Gasteiger partial charge in [0.2, 0.25) is 0 Å². The molecule has 0 saturated carbocycles. The van der Waals surface area contributed by atoms with Gasteiger partial charge in [0, 0.05) is 28.8 Å². The lowest BCUT2D eigenvalue weighted by molar-refractivity contribution is 0.177. The second-order valence-corrected chi connectivity index (χ2v) is 8.95. The third kappa shape index (κ3) is 6.56. The van der Waals surface area contributed by atoms with Crippen LogP contribution in [-0.2, 0) is 18.6 Å². The Kier molecular flexibility index (Phi) is 9.60. The van der Waals surface area contributed by atoms with Gasteiger partial charge in [-0.2, -0.15) is 0 Å². The molecule has 0 radical (unpaired) electrons. The number of benzene rings is 3. The van der Waals surface area contributed by atoms with E-state index in [1.165, 1.54) is 6.07 Å². The van der Waals surface area contributed by atoms with Crippen molar-refractivity contribution in [3.63, 3.8) is 0 Å². The molecule has 8 heteroatoms. The molecule has 3 rings (SSSR count). The summed E-state index contributed by atoms with van der Waals surface area (Å²) in [6.45, 7) is 6.01. The van der Waals surface area contributed by atoms with Crippen molar-refractivity contribution < 1.29 is 28.1 Å². The Morgan fingerprint density at radius 3 is 1.87 bits per heavy atom. The van der Waals surface area contributed by atoms with E-state index in [1.54, 1.807) is 76.7 Å². The molecule has 0 spiro atoms. The number of methoxy groups -OCH3 is 4. The highest BCUT2D eigenvalue weighted by molar-refractivity contribution is 5.76. The van der Waals surface area contributed by atoms with Crippen molar-refractivity contribution in [3.05, 3.63) is 95.8 Å². The number of hydrogen-bond donors (Lipinski definition) is 1. The molecule has 3 aromatic carbocycles. The molecule has 0 heterocycles. The average molecular weight is 523 g/mol. The Hall–Kier alpha value is -4.20. The van der Waals surface area contributed by atoms with Crippen LogP contribution >= 0.6 is 0 Å². The van der Waals surface area contributed by atoms with E-state index in [1.807, 2.05) is 24.3 Å². The van der Waals surface area contributed by atoms with Crippen molar-refractivity contribution >= 4 is 6.03 Å². The summed E-state index contributed by atoms with van der Waals surface area (Å²) in [4.78, 5) is 15.5. The zero-order chi connectivity index (χ0) is 27.7. The molecule has 2 amide bonds. The smallest absolute Gasteiger partial charge is 0.318 e. The number of amides is 2. The van der Waals surface area contributed by atoms with Crippen LogP contribution in [0.15, 0.2) is 73.3 Å². The summed E-state index contributed by atoms with van der Waals surface area (Å²) in [7, 11) is 6.28. The molecule has 0 aliphatic rings. The average Bonchev–Trinajstić information content (AvgIpc) is 2.93. The number of ether oxygens (including phenoxy) is 4. The van der Waals surface area contributed by atoms with Gasteiger partial charge in [-0.15, -0.1) is 6.58 Å². The van der Waals surface area contributed by atoms with E-state index in [-0.39, 0.29) is 13.1 Å². The lowest BCUT2D eigenvalue weighted by Crippen LogP contribution is -2.49. The van der Waals surface area contributed by atoms with E-state index in [9.17, 15) is 9.18 Å². The maximum atomic E-state index is 14.8. The molecule has 0 aromatic heterocycles. The Morgan fingerprint density at radius 2 is 1.42 bits per heavy atom. The van der Waals surface area contributed by atoms with Crippen LogP contribution in [0, 0.1) is 5.82 Å². The SMILES string of the molecule is C=CC[C@](C)(NC(=O)N(Cc1ccc(OC)cc1OC)Cc1ccc(OC)cc1OC)c1ccccc1F. The lowest BCUT2D eigenvalue weighted by Gasteiger charge is -2.34. The minimum Gasteiger partial charge on any atom is -0.497 e. The van der Waals surface area contributed by atoms with E-state index in [4.69, 9.17) is 18.9 Å². The maximum absolute atomic E-state index is 14.8. The normalized spacial score (nSPS) is 12.2. The Morgan fingerprint density at radius 1 is 0.895 bits per heavy atom. The van der Waals surface area contributed by atoms with Crippen molar-refractivity contribution in [1.29, 1.82) is 0 Å². The first-order valence-corrected chi connectivity index (χ1v) is 12.1. The molecule has 0 fully saturated rings. The van der Waals surface area contributed by atoms with E-state index in [0.717, 1.165) is 11.1 Å². The Balaban J connectivity index is 2.02. The molecule has 0 bridgehead atoms. The maximum Gasteiger partial charge on any atom is 0.318 e. The third-order valence-electron chi connectivity index (χ3n) is 6.40. The summed E-state index contributed by atoms with van der Waals surface area (Å²) in [5.74, 6) is 2.02. The van der Waals surface area contributed by atoms with Gasteiger partial charge in [-0.05, 0) is 43.7 Å². The number of rotatable bonds is 12. The molecule has 0 unspecified atom stereocenters. The molecule has 7 nitrogen and oxygen atoms in total. The number of urea groups is 1. The summed E-state index contributed by atoms with van der Waals surface area (Å²) in [5, 5.41) is 3.06. The van der Waals surface area contributed by atoms with Crippen molar-refractivity contribution in [3.8, 4) is 23.0 Å². The van der Waals surface area contributed by atoms with Crippen LogP contribution in [0.1, 0.15) is 30.0 Å². The monoisotopic (exact) mass is 522 g/mol. The topological polar surface area (TPSA) is 69.3 Å². The largest absolute Gasteiger partial charge is 0.497 e. The standard InChI is InChI=1S/C30H35FN2O5/c1-7-16-30(2,25-10-8-9-11-26(25)31)32-29(34)33(19-21-12-14-23(35-3)17-27(21)37-5)20-22-13-15-24(36-4)18-28(22)38-6/h7-15,17-18H,1,16,19-20H2,2-6H3,(H,32,34)/t30-/m0/s1. The van der Waals surface area contributed by atoms with Gasteiger partial charge in [-0.1, -0.05) is 24.3 Å². The molecule has 1 N–H and O–H groups in total. The number of carbonyl (C=O) groups is 1. The van der Waals surface area contributed by atoms with Crippen LogP contribution in [0.3, 0.4) is 0 Å². The van der Waals surface area contributed by atoms with Gasteiger partial charge in [0.1, 0.15) is 28.8 Å². The first-order valence-electron chi connectivity index (χ1n) is 12.1. The highest BCUT2D eigenvalue weighted by Gasteiger charge is 2.32. The summed E-state index contributed by atoms with van der Waals surface area (Å²) in [5.41, 5.74) is 0.882. The lowest BCUT2D eigenvalue weighted by atomic mass is 9.88. The summed E-state index contributed by atoms with van der Waals surface area (Å²) >= 11 is 0. The van der Waals surface area contributed by atoms with Crippen LogP contribution in [0.5, 0.6) is 23.0 Å². The minimum absolute atomic E-state index is 0.204. The molecular formula is C30H35FN2O5. The zero-order valence-corrected chi connectivity index (χ0v) is 22.5. The fourth-order valence-corrected chi connectivity index (χ4v) is 4.32. The van der Waals surface area contributed by atoms with Gasteiger partial charge in [0.25, 0.3) is 0 Å². The van der Waals surface area contributed by atoms with Gasteiger partial charge >= 0.3 is 6.03 Å². The molecule has 38 heavy (non-hydrogen) atoms. The number of hydrogen-bond acceptors (Lipinski definition) is 5. The van der Waals surface area contributed by atoms with Crippen molar-refractivity contribution in [2.45, 2.75) is 32.0 Å². The minimum atomic E-state index is -1.03. The number of halogens is 1. The number of nitrogens with one attached hydrogen (secondary N) is 1. The molecule has 0 saturated heterocycles. The quantitative estimate of drug-likeness (QED) is 0.293. The van der Waals surface area contributed by atoms with Crippen LogP contribution in [0.2, 0.25) is 0 Å². The highest BCUT2D eigenvalue weighted by atomic mass is 19.1. The Labute approximate surface area is 223 Å². The number of carbonyl (C=O) groups excluding carboxylic acids is 1. The molecule has 0 aliphatic heterocycles. The summed E-state index contributed by atoms with van der Waals surface area (Å²) in [6, 6.07) is 16.9. The van der Waals surface area contributed by atoms with Gasteiger partial charge in [0.05, 0.1) is 47.1 Å². The van der Waals surface area contributed by atoms with Crippen LogP contribution in [-0.4, -0.2) is 39.4 Å². The van der Waals surface area contributed by atoms with E-state index >= 15 is 0 Å². The van der Waals surface area contributed by atoms with Gasteiger partial charge in [-0.3, -0.25) is 0 Å². The molecule has 0 aliphatic carbocycles. The van der Waals surface area contributed by atoms with E-state index in [2.05, 4.69) is 11.9 Å². The van der Waals surface area contributed by atoms with Crippen LogP contribution < -0.4 is 24.3 Å². The van der Waals surface area contributed by atoms with Crippen molar-refractivity contribution in [2.75, 3.05) is 28.4 Å². The fraction of sp³-hybridized carbons (Fsp3) is 0.300. The van der Waals surface area contributed by atoms with Gasteiger partial charge < -0.3 is 29.2 Å². The zero-order valence-electron chi connectivity index (χ0n) is 22.5. The second kappa shape index (κ2) is 12.9. The second-order valence-electron chi connectivity index (χ2n) is 8.95. The van der Waals surface area contributed by atoms with E-state index < -0.39 is 17.4 Å². The third-order valence-corrected chi connectivity index (χ3v) is 6.40. The molecule has 1 atom stereocenters. The van der Waals surface area contributed by atoms with Crippen LogP contribution in [0.25, 0.3) is 0 Å². The molecular weight excluding hydrogens is 487 g/mol. The summed E-state index contributed by atoms with van der Waals surface area (Å²) < 4.78 is 36.6. The van der Waals surface area contributed by atoms with Crippen LogP contribution in [0.4, 0.5) is 9.18 Å². The van der Waals surface area contributed by atoms with Gasteiger partial charge in [0.15, 0.2) is 0 Å². The predicted molar refractivity (Wildman–Crippen MR) is 145 cm³/mol. The molecule has 202 valence electrons. The molecule has 3 aromatic rings.